The molecular formula is C11H19NO6S. The standard InChI is InChI=1S/C11H19NO6S/c1-11(2,3)18-10(15)12-4-5-19(16,17)7-8(12)6-9(13)14/h8H,4-7H2,1-3H3,(H,13,14)/t8-/m1/s1. The summed E-state index contributed by atoms with van der Waals surface area (Å²) in [5.74, 6) is -1.64. The van der Waals surface area contributed by atoms with E-state index < -0.39 is 40.0 Å². The van der Waals surface area contributed by atoms with E-state index in [0.717, 1.165) is 0 Å². The topological polar surface area (TPSA) is 101 Å². The first-order valence-electron chi connectivity index (χ1n) is 5.92. The first-order valence-corrected chi connectivity index (χ1v) is 7.74. The van der Waals surface area contributed by atoms with Gasteiger partial charge in [0.2, 0.25) is 0 Å². The molecule has 0 aromatic carbocycles. The zero-order chi connectivity index (χ0) is 14.8. The smallest absolute Gasteiger partial charge is 0.410 e. The number of amides is 1. The van der Waals surface area contributed by atoms with Crippen LogP contribution in [-0.2, 0) is 19.4 Å². The molecule has 0 aromatic heterocycles. The van der Waals surface area contributed by atoms with Crippen molar-refractivity contribution in [2.24, 2.45) is 0 Å². The number of carbonyl (C=O) groups excluding carboxylic acids is 1. The SMILES string of the molecule is CC(C)(C)OC(=O)N1CCS(=O)(=O)C[C@H]1CC(=O)O. The average molecular weight is 293 g/mol. The molecule has 0 saturated carbocycles. The molecule has 0 radical (unpaired) electrons. The molecule has 1 fully saturated rings. The lowest BCUT2D eigenvalue weighted by Gasteiger charge is -2.35. The Hall–Kier alpha value is -1.31. The van der Waals surface area contributed by atoms with Crippen molar-refractivity contribution in [3.8, 4) is 0 Å². The first kappa shape index (κ1) is 15.7. The van der Waals surface area contributed by atoms with Crippen LogP contribution in [0.5, 0.6) is 0 Å². The summed E-state index contributed by atoms with van der Waals surface area (Å²) in [5, 5.41) is 8.79. The summed E-state index contributed by atoms with van der Waals surface area (Å²) in [7, 11) is -3.30. The minimum Gasteiger partial charge on any atom is -0.481 e. The summed E-state index contributed by atoms with van der Waals surface area (Å²) in [6.07, 6.45) is -1.08. The van der Waals surface area contributed by atoms with E-state index >= 15 is 0 Å². The average Bonchev–Trinajstić information content (AvgIpc) is 2.11. The van der Waals surface area contributed by atoms with Crippen molar-refractivity contribution in [2.75, 3.05) is 18.1 Å². The van der Waals surface area contributed by atoms with Crippen LogP contribution in [0.25, 0.3) is 0 Å². The number of nitrogens with zero attached hydrogens (tertiary/aromatic N) is 1. The number of ether oxygens (including phenoxy) is 1. The first-order chi connectivity index (χ1) is 8.50. The highest BCUT2D eigenvalue weighted by Crippen LogP contribution is 2.19. The van der Waals surface area contributed by atoms with Crippen LogP contribution in [0.2, 0.25) is 0 Å². The predicted molar refractivity (Wildman–Crippen MR) is 67.6 cm³/mol. The lowest BCUT2D eigenvalue weighted by Crippen LogP contribution is -2.53. The summed E-state index contributed by atoms with van der Waals surface area (Å²) >= 11 is 0. The molecule has 19 heavy (non-hydrogen) atoms. The molecule has 1 aliphatic heterocycles. The van der Waals surface area contributed by atoms with E-state index in [1.807, 2.05) is 0 Å². The number of carbonyl (C=O) groups is 2. The highest BCUT2D eigenvalue weighted by molar-refractivity contribution is 7.91. The van der Waals surface area contributed by atoms with Crippen LogP contribution in [-0.4, -0.2) is 60.2 Å². The molecule has 1 heterocycles. The number of rotatable bonds is 2. The summed E-state index contributed by atoms with van der Waals surface area (Å²) in [4.78, 5) is 23.9. The molecule has 0 bridgehead atoms. The Morgan fingerprint density at radius 3 is 2.42 bits per heavy atom. The van der Waals surface area contributed by atoms with Gasteiger partial charge in [-0.3, -0.25) is 4.79 Å². The van der Waals surface area contributed by atoms with E-state index in [0.29, 0.717) is 0 Å². The van der Waals surface area contributed by atoms with Gasteiger partial charge in [-0.15, -0.1) is 0 Å². The molecule has 1 saturated heterocycles. The highest BCUT2D eigenvalue weighted by atomic mass is 32.2. The third-order valence-corrected chi connectivity index (χ3v) is 4.27. The third-order valence-electron chi connectivity index (χ3n) is 2.57. The Morgan fingerprint density at radius 2 is 1.95 bits per heavy atom. The van der Waals surface area contributed by atoms with Crippen LogP contribution in [0.1, 0.15) is 27.2 Å². The molecule has 1 atom stereocenters. The molecule has 110 valence electrons. The fourth-order valence-corrected chi connectivity index (χ4v) is 3.34. The van der Waals surface area contributed by atoms with E-state index in [-0.39, 0.29) is 18.1 Å². The molecule has 0 unspecified atom stereocenters. The Labute approximate surface area is 112 Å². The van der Waals surface area contributed by atoms with Crippen LogP contribution in [0.15, 0.2) is 0 Å². The zero-order valence-electron chi connectivity index (χ0n) is 11.2. The number of carboxylic acids is 1. The maximum Gasteiger partial charge on any atom is 0.410 e. The molecule has 0 aliphatic carbocycles. The molecule has 0 aromatic rings. The van der Waals surface area contributed by atoms with E-state index in [4.69, 9.17) is 9.84 Å². The van der Waals surface area contributed by atoms with Gasteiger partial charge in [0.05, 0.1) is 24.0 Å². The van der Waals surface area contributed by atoms with Crippen molar-refractivity contribution < 1.29 is 27.9 Å². The van der Waals surface area contributed by atoms with Gasteiger partial charge in [-0.25, -0.2) is 13.2 Å². The van der Waals surface area contributed by atoms with Gasteiger partial charge >= 0.3 is 12.1 Å². The number of aliphatic carboxylic acids is 1. The quantitative estimate of drug-likeness (QED) is 0.795. The molecule has 1 rings (SSSR count). The lowest BCUT2D eigenvalue weighted by atomic mass is 10.2. The van der Waals surface area contributed by atoms with Gasteiger partial charge in [-0.1, -0.05) is 0 Å². The van der Waals surface area contributed by atoms with Crippen molar-refractivity contribution in [3.05, 3.63) is 0 Å². The van der Waals surface area contributed by atoms with E-state index in [1.165, 1.54) is 4.90 Å². The fourth-order valence-electron chi connectivity index (χ4n) is 1.82. The largest absolute Gasteiger partial charge is 0.481 e. The Bertz CT molecular complexity index is 464. The highest BCUT2D eigenvalue weighted by Gasteiger charge is 2.37. The maximum absolute atomic E-state index is 11.9. The molecule has 1 amide bonds. The normalized spacial score (nSPS) is 22.9. The summed E-state index contributed by atoms with van der Waals surface area (Å²) in [5.41, 5.74) is -0.707. The van der Waals surface area contributed by atoms with Gasteiger partial charge < -0.3 is 14.7 Å². The van der Waals surface area contributed by atoms with E-state index in [2.05, 4.69) is 0 Å². The second-order valence-corrected chi connectivity index (χ2v) is 7.77. The number of sulfone groups is 1. The van der Waals surface area contributed by atoms with Crippen LogP contribution in [0.3, 0.4) is 0 Å². The molecule has 0 spiro atoms. The maximum atomic E-state index is 11.9. The fraction of sp³-hybridized carbons (Fsp3) is 0.818. The third kappa shape index (κ3) is 5.06. The summed E-state index contributed by atoms with van der Waals surface area (Å²) in [6.45, 7) is 5.04. The van der Waals surface area contributed by atoms with Crippen molar-refractivity contribution in [1.82, 2.24) is 4.90 Å². The Morgan fingerprint density at radius 1 is 1.37 bits per heavy atom. The second-order valence-electron chi connectivity index (χ2n) is 5.54. The zero-order valence-corrected chi connectivity index (χ0v) is 12.1. The van der Waals surface area contributed by atoms with Gasteiger partial charge in [0, 0.05) is 6.54 Å². The van der Waals surface area contributed by atoms with Gasteiger partial charge in [-0.2, -0.15) is 0 Å². The van der Waals surface area contributed by atoms with Gasteiger partial charge in [0.15, 0.2) is 9.84 Å². The van der Waals surface area contributed by atoms with E-state index in [9.17, 15) is 18.0 Å². The van der Waals surface area contributed by atoms with Crippen molar-refractivity contribution in [2.45, 2.75) is 38.8 Å². The second kappa shape index (κ2) is 5.36. The monoisotopic (exact) mass is 293 g/mol. The van der Waals surface area contributed by atoms with Crippen LogP contribution in [0.4, 0.5) is 4.79 Å². The number of hydrogen-bond donors (Lipinski definition) is 1. The van der Waals surface area contributed by atoms with Gasteiger partial charge in [0.1, 0.15) is 5.60 Å². The lowest BCUT2D eigenvalue weighted by molar-refractivity contribution is -0.138. The molecule has 1 aliphatic rings. The van der Waals surface area contributed by atoms with Crippen LogP contribution < -0.4 is 0 Å². The Balaban J connectivity index is 2.85. The van der Waals surface area contributed by atoms with Crippen molar-refractivity contribution in [3.63, 3.8) is 0 Å². The number of hydrogen-bond acceptors (Lipinski definition) is 5. The van der Waals surface area contributed by atoms with E-state index in [1.54, 1.807) is 20.8 Å². The molecule has 1 N–H and O–H groups in total. The van der Waals surface area contributed by atoms with Crippen LogP contribution >= 0.6 is 0 Å². The molecular weight excluding hydrogens is 274 g/mol. The summed E-state index contributed by atoms with van der Waals surface area (Å²) < 4.78 is 28.2. The van der Waals surface area contributed by atoms with Crippen molar-refractivity contribution >= 4 is 21.9 Å². The minimum atomic E-state index is -3.30. The predicted octanol–water partition coefficient (Wildman–Crippen LogP) is 0.495. The summed E-state index contributed by atoms with van der Waals surface area (Å²) in [6, 6.07) is -0.869. The van der Waals surface area contributed by atoms with Gasteiger partial charge in [0.25, 0.3) is 0 Å². The molecule has 8 heteroatoms. The Kier molecular flexibility index (Phi) is 4.44. The van der Waals surface area contributed by atoms with Crippen LogP contribution in [0, 0.1) is 0 Å². The minimum absolute atomic E-state index is 0.0325. The molecule has 7 nitrogen and oxygen atoms in total. The van der Waals surface area contributed by atoms with Crippen molar-refractivity contribution in [1.29, 1.82) is 0 Å². The van der Waals surface area contributed by atoms with Gasteiger partial charge in [-0.05, 0) is 20.8 Å². The number of carboxylic acid groups (broad SMARTS) is 1.